The standard InChI is InChI=1S/C49H84N2O4/c1-5-8-11-14-17-20-23-26-29-32-39-53-46-42-44(49(52)50-45-35-37-51(4)38-36-45)43-47(54-40-33-30-27-24-21-18-15-12-9-6-2)48(46)55-41-34-31-28-25-22-19-16-13-10-7-3/h35-38,42-43H,5-34,39-41H2,1-4H3/p+1. The maximum Gasteiger partial charge on any atom is 0.255 e. The van der Waals surface area contributed by atoms with Crippen LogP contribution in [0.1, 0.15) is 224 Å². The third-order valence-corrected chi connectivity index (χ3v) is 10.8. The van der Waals surface area contributed by atoms with Crippen LogP contribution in [0, 0.1) is 0 Å². The number of anilines is 1. The molecule has 2 aromatic rings. The Hall–Kier alpha value is -2.76. The molecule has 1 N–H and O–H groups in total. The van der Waals surface area contributed by atoms with Gasteiger partial charge in [-0.3, -0.25) is 4.79 Å². The third-order valence-electron chi connectivity index (χ3n) is 10.8. The van der Waals surface area contributed by atoms with Gasteiger partial charge >= 0.3 is 0 Å². The average Bonchev–Trinajstić information content (AvgIpc) is 3.19. The van der Waals surface area contributed by atoms with Crippen molar-refractivity contribution >= 4 is 11.6 Å². The van der Waals surface area contributed by atoms with Gasteiger partial charge < -0.3 is 19.5 Å². The number of nitrogens with one attached hydrogen (secondary N) is 1. The first kappa shape index (κ1) is 48.4. The van der Waals surface area contributed by atoms with E-state index in [4.69, 9.17) is 14.2 Å². The van der Waals surface area contributed by atoms with E-state index < -0.39 is 0 Å². The Bertz CT molecular complexity index is 1140. The van der Waals surface area contributed by atoms with Crippen molar-refractivity contribution in [2.24, 2.45) is 7.05 Å². The highest BCUT2D eigenvalue weighted by atomic mass is 16.5. The first-order valence-corrected chi connectivity index (χ1v) is 23.4. The van der Waals surface area contributed by atoms with E-state index >= 15 is 0 Å². The molecule has 0 bridgehead atoms. The van der Waals surface area contributed by atoms with Crippen LogP contribution in [-0.4, -0.2) is 25.7 Å². The number of carbonyl (C=O) groups excluding carboxylic acids is 1. The quantitative estimate of drug-likeness (QED) is 0.0546. The van der Waals surface area contributed by atoms with E-state index in [-0.39, 0.29) is 5.91 Å². The number of aromatic nitrogens is 1. The van der Waals surface area contributed by atoms with Crippen LogP contribution in [-0.2, 0) is 7.05 Å². The predicted molar refractivity (Wildman–Crippen MR) is 234 cm³/mol. The van der Waals surface area contributed by atoms with Crippen LogP contribution in [0.2, 0.25) is 0 Å². The number of hydrogen-bond donors (Lipinski definition) is 1. The van der Waals surface area contributed by atoms with Gasteiger partial charge in [-0.1, -0.05) is 194 Å². The van der Waals surface area contributed by atoms with E-state index in [1.807, 2.05) is 48.3 Å². The second kappa shape index (κ2) is 34.5. The molecule has 0 atom stereocenters. The van der Waals surface area contributed by atoms with Gasteiger partial charge in [0.1, 0.15) is 7.05 Å². The number of rotatable bonds is 38. The van der Waals surface area contributed by atoms with Crippen LogP contribution in [0.5, 0.6) is 17.2 Å². The third kappa shape index (κ3) is 25.2. The Kier molecular flexibility index (Phi) is 30.3. The highest BCUT2D eigenvalue weighted by molar-refractivity contribution is 6.05. The Balaban J connectivity index is 2.05. The predicted octanol–water partition coefficient (Wildman–Crippen LogP) is 14.7. The van der Waals surface area contributed by atoms with Gasteiger partial charge in [0.25, 0.3) is 5.91 Å². The summed E-state index contributed by atoms with van der Waals surface area (Å²) in [5.41, 5.74) is 1.28. The van der Waals surface area contributed by atoms with Crippen molar-refractivity contribution in [3.8, 4) is 17.2 Å². The zero-order chi connectivity index (χ0) is 39.4. The molecule has 0 aliphatic carbocycles. The molecule has 1 heterocycles. The van der Waals surface area contributed by atoms with Gasteiger partial charge in [-0.25, -0.2) is 4.57 Å². The molecule has 6 nitrogen and oxygen atoms in total. The summed E-state index contributed by atoms with van der Waals surface area (Å²) in [5, 5.41) is 3.07. The summed E-state index contributed by atoms with van der Waals surface area (Å²) in [5.74, 6) is 1.71. The minimum Gasteiger partial charge on any atom is -0.490 e. The summed E-state index contributed by atoms with van der Waals surface area (Å²) < 4.78 is 21.4. The molecular weight excluding hydrogens is 681 g/mol. The van der Waals surface area contributed by atoms with Crippen molar-refractivity contribution in [1.29, 1.82) is 0 Å². The number of unbranched alkanes of at least 4 members (excludes halogenated alkanes) is 27. The molecule has 314 valence electrons. The number of nitrogens with zero attached hydrogens (tertiary/aromatic N) is 1. The highest BCUT2D eigenvalue weighted by Crippen LogP contribution is 2.40. The van der Waals surface area contributed by atoms with Crippen LogP contribution < -0.4 is 24.1 Å². The molecule has 6 heteroatoms. The summed E-state index contributed by atoms with van der Waals surface area (Å²) in [6.45, 7) is 8.65. The van der Waals surface area contributed by atoms with Gasteiger partial charge in [0.15, 0.2) is 23.9 Å². The van der Waals surface area contributed by atoms with Gasteiger partial charge in [-0.15, -0.1) is 0 Å². The van der Waals surface area contributed by atoms with Crippen molar-refractivity contribution in [1.82, 2.24) is 0 Å². The normalized spacial score (nSPS) is 11.2. The van der Waals surface area contributed by atoms with Crippen molar-refractivity contribution in [2.45, 2.75) is 213 Å². The fourth-order valence-electron chi connectivity index (χ4n) is 7.16. The number of amides is 1. The van der Waals surface area contributed by atoms with Crippen molar-refractivity contribution in [2.75, 3.05) is 25.1 Å². The number of carbonyl (C=O) groups is 1. The van der Waals surface area contributed by atoms with E-state index in [1.165, 1.54) is 154 Å². The summed E-state index contributed by atoms with van der Waals surface area (Å²) in [7, 11) is 1.97. The first-order chi connectivity index (χ1) is 27.1. The molecule has 0 unspecified atom stereocenters. The van der Waals surface area contributed by atoms with E-state index in [2.05, 4.69) is 26.1 Å². The Labute approximate surface area is 339 Å². The topological polar surface area (TPSA) is 60.7 Å². The molecule has 2 rings (SSSR count). The number of aryl methyl sites for hydroxylation is 1. The van der Waals surface area contributed by atoms with Crippen molar-refractivity contribution in [3.05, 3.63) is 42.2 Å². The summed E-state index contributed by atoms with van der Waals surface area (Å²) >= 11 is 0. The van der Waals surface area contributed by atoms with Gasteiger partial charge in [0.05, 0.1) is 25.5 Å². The van der Waals surface area contributed by atoms with E-state index in [9.17, 15) is 4.79 Å². The maximum atomic E-state index is 13.6. The lowest BCUT2D eigenvalue weighted by atomic mass is 10.1. The minimum atomic E-state index is -0.178. The smallest absolute Gasteiger partial charge is 0.255 e. The van der Waals surface area contributed by atoms with E-state index in [0.29, 0.717) is 42.6 Å². The number of benzene rings is 1. The van der Waals surface area contributed by atoms with Gasteiger partial charge in [-0.2, -0.15) is 0 Å². The molecule has 0 aliphatic rings. The molecule has 55 heavy (non-hydrogen) atoms. The zero-order valence-corrected chi connectivity index (χ0v) is 36.4. The summed E-state index contributed by atoms with van der Waals surface area (Å²) in [6.07, 6.45) is 42.2. The van der Waals surface area contributed by atoms with Crippen LogP contribution in [0.15, 0.2) is 36.7 Å². The molecule has 1 aromatic heterocycles. The summed E-state index contributed by atoms with van der Waals surface area (Å²) in [4.78, 5) is 13.6. The van der Waals surface area contributed by atoms with E-state index in [0.717, 1.165) is 44.2 Å². The van der Waals surface area contributed by atoms with Crippen LogP contribution in [0.4, 0.5) is 5.69 Å². The van der Waals surface area contributed by atoms with Crippen molar-refractivity contribution in [3.63, 3.8) is 0 Å². The SMILES string of the molecule is CCCCCCCCCCCCOc1cc(C(=O)Nc2cc[n+](C)cc2)cc(OCCCCCCCCCCCC)c1OCCCCCCCCCCCC. The zero-order valence-electron chi connectivity index (χ0n) is 36.4. The molecule has 1 aromatic carbocycles. The fourth-order valence-corrected chi connectivity index (χ4v) is 7.16. The van der Waals surface area contributed by atoms with Gasteiger partial charge in [0.2, 0.25) is 5.75 Å². The Morgan fingerprint density at radius 2 is 0.782 bits per heavy atom. The molecular formula is C49H85N2O4+. The van der Waals surface area contributed by atoms with Crippen LogP contribution in [0.3, 0.4) is 0 Å². The number of pyridine rings is 1. The van der Waals surface area contributed by atoms with Crippen LogP contribution in [0.25, 0.3) is 0 Å². The monoisotopic (exact) mass is 766 g/mol. The lowest BCUT2D eigenvalue weighted by Gasteiger charge is -2.19. The van der Waals surface area contributed by atoms with Gasteiger partial charge in [-0.05, 0) is 31.4 Å². The Morgan fingerprint density at radius 1 is 0.473 bits per heavy atom. The second-order valence-electron chi connectivity index (χ2n) is 16.1. The maximum absolute atomic E-state index is 13.6. The lowest BCUT2D eigenvalue weighted by Crippen LogP contribution is -2.26. The minimum absolute atomic E-state index is 0.178. The van der Waals surface area contributed by atoms with Crippen molar-refractivity contribution < 1.29 is 23.6 Å². The largest absolute Gasteiger partial charge is 0.490 e. The lowest BCUT2D eigenvalue weighted by molar-refractivity contribution is -0.671. The molecule has 0 radical (unpaired) electrons. The molecule has 0 saturated carbocycles. The molecule has 0 fully saturated rings. The van der Waals surface area contributed by atoms with E-state index in [1.54, 1.807) is 0 Å². The van der Waals surface area contributed by atoms with Crippen LogP contribution >= 0.6 is 0 Å². The molecule has 0 saturated heterocycles. The average molecular weight is 766 g/mol. The number of ether oxygens (including phenoxy) is 3. The second-order valence-corrected chi connectivity index (χ2v) is 16.1. The highest BCUT2D eigenvalue weighted by Gasteiger charge is 2.20. The number of hydrogen-bond acceptors (Lipinski definition) is 4. The summed E-state index contributed by atoms with van der Waals surface area (Å²) in [6, 6.07) is 7.53. The molecule has 1 amide bonds. The molecule has 0 aliphatic heterocycles. The fraction of sp³-hybridized carbons (Fsp3) is 0.755. The van der Waals surface area contributed by atoms with Gasteiger partial charge in [0, 0.05) is 17.7 Å². The molecule has 0 spiro atoms. The Morgan fingerprint density at radius 3 is 1.13 bits per heavy atom. The first-order valence-electron chi connectivity index (χ1n) is 23.4.